The molecule has 0 amide bonds. The molecule has 5 nitrogen and oxygen atoms in total. The van der Waals surface area contributed by atoms with Gasteiger partial charge in [0.1, 0.15) is 6.61 Å². The van der Waals surface area contributed by atoms with E-state index in [4.69, 9.17) is 12.3 Å². The molecule has 0 aromatic carbocycles. The van der Waals surface area contributed by atoms with Crippen molar-refractivity contribution in [2.45, 2.75) is 82.0 Å². The summed E-state index contributed by atoms with van der Waals surface area (Å²) in [4.78, 5) is 0. The molecular formula is C15H26F11O5Si4. The van der Waals surface area contributed by atoms with Crippen LogP contribution in [0.25, 0.3) is 0 Å². The average molecular weight is 608 g/mol. The summed E-state index contributed by atoms with van der Waals surface area (Å²) in [5.41, 5.74) is 0. The summed E-state index contributed by atoms with van der Waals surface area (Å²) in [6.45, 7) is 7.49. The van der Waals surface area contributed by atoms with E-state index >= 15 is 0 Å². The second kappa shape index (κ2) is 12.6. The zero-order valence-electron chi connectivity index (χ0n) is 19.5. The van der Waals surface area contributed by atoms with Crippen LogP contribution >= 0.6 is 0 Å². The van der Waals surface area contributed by atoms with Gasteiger partial charge in [-0.2, -0.15) is 48.3 Å². The number of hydrogen-bond acceptors (Lipinski definition) is 5. The summed E-state index contributed by atoms with van der Waals surface area (Å²) < 4.78 is 167. The van der Waals surface area contributed by atoms with Crippen molar-refractivity contribution >= 4 is 35.9 Å². The lowest BCUT2D eigenvalue weighted by atomic mass is 10.2. The second-order valence-electron chi connectivity index (χ2n) is 7.79. The van der Waals surface area contributed by atoms with Gasteiger partial charge in [0.15, 0.2) is 27.1 Å². The van der Waals surface area contributed by atoms with Crippen LogP contribution in [0.2, 0.25) is 45.3 Å². The molecule has 0 heterocycles. The lowest BCUT2D eigenvalue weighted by Crippen LogP contribution is -2.60. The van der Waals surface area contributed by atoms with Crippen molar-refractivity contribution in [3.05, 3.63) is 0 Å². The van der Waals surface area contributed by atoms with Gasteiger partial charge in [-0.15, -0.1) is 0 Å². The molecule has 0 aliphatic carbocycles. The zero-order chi connectivity index (χ0) is 28.1. The Kier molecular flexibility index (Phi) is 12.6. The fourth-order valence-corrected chi connectivity index (χ4v) is 13.2. The van der Waals surface area contributed by atoms with E-state index in [0.717, 1.165) is 0 Å². The molecule has 0 aliphatic rings. The predicted molar refractivity (Wildman–Crippen MR) is 109 cm³/mol. The minimum atomic E-state index is -7.11. The molecule has 20 heteroatoms. The minimum Gasteiger partial charge on any atom is -0.416 e. The average Bonchev–Trinajstić information content (AvgIpc) is 2.56. The highest BCUT2D eigenvalue weighted by atomic mass is 28.5. The third-order valence-electron chi connectivity index (χ3n) is 3.57. The Morgan fingerprint density at radius 2 is 1.03 bits per heavy atom. The van der Waals surface area contributed by atoms with E-state index in [9.17, 15) is 48.3 Å². The van der Waals surface area contributed by atoms with Crippen molar-refractivity contribution in [2.75, 3.05) is 13.2 Å². The number of rotatable bonds is 15. The van der Waals surface area contributed by atoms with Gasteiger partial charge < -0.3 is 17.1 Å². The van der Waals surface area contributed by atoms with E-state index in [1.807, 2.05) is 0 Å². The zero-order valence-corrected chi connectivity index (χ0v) is 23.5. The minimum absolute atomic E-state index is 0.0109. The summed E-state index contributed by atoms with van der Waals surface area (Å²) in [5.74, 6) is -12.8. The molecule has 0 rings (SSSR count). The molecule has 3 radical (unpaired) electrons. The maximum Gasteiger partial charge on any atom is 0.469 e. The summed E-state index contributed by atoms with van der Waals surface area (Å²) in [6.07, 6.45) is -20.5. The Labute approximate surface area is 201 Å². The summed E-state index contributed by atoms with van der Waals surface area (Å²) in [5, 5.41) is 0. The van der Waals surface area contributed by atoms with Crippen molar-refractivity contribution in [1.29, 1.82) is 0 Å². The molecule has 1 unspecified atom stereocenters. The molecule has 0 aromatic heterocycles. The van der Waals surface area contributed by atoms with Crippen LogP contribution in [0.5, 0.6) is 0 Å². The van der Waals surface area contributed by atoms with Gasteiger partial charge in [-0.1, -0.05) is 0 Å². The molecule has 0 aliphatic heterocycles. The molecule has 209 valence electrons. The highest BCUT2D eigenvalue weighted by molar-refractivity contribution is 6.79. The molecule has 0 fully saturated rings. The van der Waals surface area contributed by atoms with Gasteiger partial charge in [-0.3, -0.25) is 4.74 Å². The van der Waals surface area contributed by atoms with Crippen LogP contribution < -0.4 is 0 Å². The molecule has 0 aromatic rings. The highest BCUT2D eigenvalue weighted by Gasteiger charge is 2.78. The Bertz CT molecular complexity index is 623. The maximum atomic E-state index is 14.2. The first-order valence-electron chi connectivity index (χ1n) is 9.75. The summed E-state index contributed by atoms with van der Waals surface area (Å²) in [7, 11) is -7.48. The van der Waals surface area contributed by atoms with Crippen LogP contribution in [0.3, 0.4) is 0 Å². The smallest absolute Gasteiger partial charge is 0.416 e. The van der Waals surface area contributed by atoms with E-state index in [2.05, 4.69) is 9.47 Å². The molecule has 0 saturated heterocycles. The van der Waals surface area contributed by atoms with Crippen molar-refractivity contribution in [1.82, 2.24) is 0 Å². The number of halogens is 11. The van der Waals surface area contributed by atoms with Crippen LogP contribution in [0.4, 0.5) is 48.3 Å². The molecule has 35 heavy (non-hydrogen) atoms. The predicted octanol–water partition coefficient (Wildman–Crippen LogP) is 6.17. The third-order valence-corrected chi connectivity index (χ3v) is 13.2. The van der Waals surface area contributed by atoms with Crippen LogP contribution in [0, 0.1) is 0 Å². The monoisotopic (exact) mass is 607 g/mol. The standard InChI is InChI=1S/C15H26F11O5Si4/c1-32(2)29-35(30-33(3)4,31-34(5)6)9-7-8-27-10-11(16,13(19,20)21)28-15(25,26)12(17,18)14(22,23)24/h7-10H2,1-6H3. The van der Waals surface area contributed by atoms with Crippen molar-refractivity contribution < 1.29 is 70.1 Å². The van der Waals surface area contributed by atoms with E-state index in [0.29, 0.717) is 0 Å². The topological polar surface area (TPSA) is 46.2 Å². The fraction of sp³-hybridized carbons (Fsp3) is 1.00. The van der Waals surface area contributed by atoms with Gasteiger partial charge in [0, 0.05) is 12.7 Å². The molecular weight excluding hydrogens is 581 g/mol. The van der Waals surface area contributed by atoms with E-state index in [1.165, 1.54) is 0 Å². The molecule has 0 spiro atoms. The van der Waals surface area contributed by atoms with Crippen molar-refractivity contribution in [3.8, 4) is 0 Å². The first-order chi connectivity index (χ1) is 15.4. The first kappa shape index (κ1) is 34.9. The fourth-order valence-electron chi connectivity index (χ4n) is 2.34. The molecule has 0 saturated carbocycles. The Morgan fingerprint density at radius 1 is 0.629 bits per heavy atom. The Morgan fingerprint density at radius 3 is 1.34 bits per heavy atom. The van der Waals surface area contributed by atoms with E-state index in [-0.39, 0.29) is 12.5 Å². The van der Waals surface area contributed by atoms with Crippen LogP contribution in [0.15, 0.2) is 0 Å². The van der Waals surface area contributed by atoms with Gasteiger partial charge in [0.25, 0.3) is 0 Å². The highest BCUT2D eigenvalue weighted by Crippen LogP contribution is 2.51. The largest absolute Gasteiger partial charge is 0.469 e. The van der Waals surface area contributed by atoms with Crippen LogP contribution in [0.1, 0.15) is 6.42 Å². The number of alkyl halides is 11. The van der Waals surface area contributed by atoms with Crippen molar-refractivity contribution in [3.63, 3.8) is 0 Å². The Hall–Kier alpha value is -0.102. The Balaban J connectivity index is 5.46. The SMILES string of the molecule is C[Si](C)O[Si](CCCOCC(F)(OC(F)(F)C(F)(F)C(F)(F)F)C(F)(F)F)(O[Si](C)C)O[Si](C)C. The van der Waals surface area contributed by atoms with Gasteiger partial charge in [0.05, 0.1) is 0 Å². The lowest BCUT2D eigenvalue weighted by molar-refractivity contribution is -0.486. The van der Waals surface area contributed by atoms with Gasteiger partial charge in [-0.05, 0) is 45.7 Å². The maximum absolute atomic E-state index is 14.2. The van der Waals surface area contributed by atoms with Crippen LogP contribution in [-0.2, 0) is 21.8 Å². The van der Waals surface area contributed by atoms with Gasteiger partial charge >= 0.3 is 39.0 Å². The molecule has 0 N–H and O–H groups in total. The quantitative estimate of drug-likeness (QED) is 0.127. The third kappa shape index (κ3) is 10.3. The van der Waals surface area contributed by atoms with E-state index < -0.39 is 79.4 Å². The van der Waals surface area contributed by atoms with Gasteiger partial charge in [0.2, 0.25) is 0 Å². The second-order valence-corrected chi connectivity index (χ2v) is 17.6. The normalized spacial score (nSPS) is 16.5. The van der Waals surface area contributed by atoms with Gasteiger partial charge in [-0.25, -0.2) is 0 Å². The number of hydrogen-bond donors (Lipinski definition) is 0. The lowest BCUT2D eigenvalue weighted by Gasteiger charge is -2.35. The van der Waals surface area contributed by atoms with E-state index in [1.54, 1.807) is 39.3 Å². The van der Waals surface area contributed by atoms with Crippen molar-refractivity contribution in [2.24, 2.45) is 0 Å². The molecule has 1 atom stereocenters. The molecule has 0 bridgehead atoms. The first-order valence-corrected chi connectivity index (χ1v) is 18.9. The summed E-state index contributed by atoms with van der Waals surface area (Å²) in [6, 6.07) is -0.0109. The summed E-state index contributed by atoms with van der Waals surface area (Å²) >= 11 is 0. The number of ether oxygens (including phenoxy) is 2. The van der Waals surface area contributed by atoms with Crippen LogP contribution in [-0.4, -0.2) is 79.4 Å².